The van der Waals surface area contributed by atoms with Crippen LogP contribution < -0.4 is 5.32 Å². The highest BCUT2D eigenvalue weighted by Crippen LogP contribution is 2.57. The smallest absolute Gasteiger partial charge is 0.243 e. The first-order valence-electron chi connectivity index (χ1n) is 7.97. The molecule has 20 heavy (non-hydrogen) atoms. The highest BCUT2D eigenvalue weighted by Gasteiger charge is 2.58. The Morgan fingerprint density at radius 2 is 2.10 bits per heavy atom. The first-order valence-corrected chi connectivity index (χ1v) is 7.97. The van der Waals surface area contributed by atoms with E-state index in [4.69, 9.17) is 4.74 Å². The average molecular weight is 278 g/mol. The minimum Gasteiger partial charge on any atom is -0.381 e. The molecule has 0 aromatic carbocycles. The first kappa shape index (κ1) is 14.1. The Labute approximate surface area is 121 Å². The number of carbonyl (C=O) groups excluding carboxylic acids is 1. The monoisotopic (exact) mass is 278 g/mol. The second-order valence-electron chi connectivity index (χ2n) is 6.52. The highest BCUT2D eigenvalue weighted by molar-refractivity contribution is 5.87. The molecule has 1 aliphatic heterocycles. The van der Waals surface area contributed by atoms with Gasteiger partial charge in [-0.3, -0.25) is 9.69 Å². The Kier molecular flexibility index (Phi) is 4.13. The summed E-state index contributed by atoms with van der Waals surface area (Å²) in [6, 6.07) is 0.324. The Morgan fingerprint density at radius 1 is 1.35 bits per heavy atom. The topological polar surface area (TPSA) is 41.6 Å². The van der Waals surface area contributed by atoms with Crippen LogP contribution in [0.5, 0.6) is 0 Å². The Hall–Kier alpha value is -0.870. The summed E-state index contributed by atoms with van der Waals surface area (Å²) in [5.74, 6) is 0.0648. The van der Waals surface area contributed by atoms with Crippen molar-refractivity contribution in [3.05, 3.63) is 12.2 Å². The van der Waals surface area contributed by atoms with Gasteiger partial charge < -0.3 is 10.1 Å². The zero-order chi connectivity index (χ0) is 14.0. The lowest BCUT2D eigenvalue weighted by Gasteiger charge is -2.60. The molecule has 0 radical (unpaired) electrons. The zero-order valence-electron chi connectivity index (χ0n) is 12.4. The molecular weight excluding hydrogens is 252 g/mol. The van der Waals surface area contributed by atoms with E-state index in [0.717, 1.165) is 13.0 Å². The lowest BCUT2D eigenvalue weighted by atomic mass is 9.51. The number of hydrogen-bond acceptors (Lipinski definition) is 3. The average Bonchev–Trinajstić information content (AvgIpc) is 2.85. The van der Waals surface area contributed by atoms with Crippen LogP contribution in [-0.2, 0) is 9.53 Å². The van der Waals surface area contributed by atoms with Gasteiger partial charge in [0, 0.05) is 31.2 Å². The molecule has 4 nitrogen and oxygen atoms in total. The largest absolute Gasteiger partial charge is 0.381 e. The number of likely N-dealkylation sites (tertiary alicyclic amines) is 1. The van der Waals surface area contributed by atoms with E-state index in [9.17, 15) is 4.79 Å². The van der Waals surface area contributed by atoms with Crippen molar-refractivity contribution < 1.29 is 9.53 Å². The molecule has 2 atom stereocenters. The quantitative estimate of drug-likeness (QED) is 0.779. The summed E-state index contributed by atoms with van der Waals surface area (Å²) >= 11 is 0. The summed E-state index contributed by atoms with van der Waals surface area (Å²) in [4.78, 5) is 14.4. The van der Waals surface area contributed by atoms with Crippen molar-refractivity contribution >= 4 is 5.91 Å². The van der Waals surface area contributed by atoms with Gasteiger partial charge in [0.2, 0.25) is 5.91 Å². The molecule has 0 aromatic rings. The minimum atomic E-state index is 0.0648. The maximum absolute atomic E-state index is 12.0. The molecule has 3 rings (SSSR count). The van der Waals surface area contributed by atoms with Crippen LogP contribution >= 0.6 is 0 Å². The third-order valence-corrected chi connectivity index (χ3v) is 5.50. The summed E-state index contributed by atoms with van der Waals surface area (Å²) in [6.07, 6.45) is 11.3. The van der Waals surface area contributed by atoms with E-state index in [2.05, 4.69) is 10.2 Å². The number of rotatable bonds is 5. The molecule has 2 aliphatic carbocycles. The van der Waals surface area contributed by atoms with Gasteiger partial charge in [-0.15, -0.1) is 0 Å². The Balaban J connectivity index is 1.43. The predicted molar refractivity (Wildman–Crippen MR) is 78.4 cm³/mol. The Bertz CT molecular complexity index is 384. The lowest BCUT2D eigenvalue weighted by molar-refractivity contribution is -0.165. The van der Waals surface area contributed by atoms with E-state index in [0.29, 0.717) is 12.1 Å². The van der Waals surface area contributed by atoms with Crippen molar-refractivity contribution in [2.45, 2.75) is 50.7 Å². The maximum Gasteiger partial charge on any atom is 0.243 e. The summed E-state index contributed by atoms with van der Waals surface area (Å²) in [7, 11) is 1.79. The molecule has 1 N–H and O–H groups in total. The SMILES string of the molecule is COC1CC(NC(=O)/C=C/CN2CCCC2)C12CCC2. The van der Waals surface area contributed by atoms with Crippen molar-refractivity contribution in [3.8, 4) is 0 Å². The van der Waals surface area contributed by atoms with Gasteiger partial charge >= 0.3 is 0 Å². The molecule has 2 unspecified atom stereocenters. The predicted octanol–water partition coefficient (Wildman–Crippen LogP) is 1.71. The van der Waals surface area contributed by atoms with E-state index in [-0.39, 0.29) is 11.3 Å². The van der Waals surface area contributed by atoms with Crippen LogP contribution in [-0.4, -0.2) is 49.7 Å². The van der Waals surface area contributed by atoms with Crippen LogP contribution in [0.4, 0.5) is 0 Å². The molecule has 1 heterocycles. The molecular formula is C16H26N2O2. The van der Waals surface area contributed by atoms with E-state index in [1.165, 1.54) is 45.2 Å². The van der Waals surface area contributed by atoms with E-state index in [1.54, 1.807) is 13.2 Å². The number of nitrogens with zero attached hydrogens (tertiary/aromatic N) is 1. The van der Waals surface area contributed by atoms with Gasteiger partial charge in [-0.1, -0.05) is 12.5 Å². The van der Waals surface area contributed by atoms with Crippen molar-refractivity contribution in [2.75, 3.05) is 26.7 Å². The molecule has 3 aliphatic rings. The number of methoxy groups -OCH3 is 1. The summed E-state index contributed by atoms with van der Waals surface area (Å²) in [5, 5.41) is 3.17. The molecule has 3 fully saturated rings. The van der Waals surface area contributed by atoms with Crippen molar-refractivity contribution in [3.63, 3.8) is 0 Å². The fourth-order valence-corrected chi connectivity index (χ4v) is 4.03. The van der Waals surface area contributed by atoms with Crippen LogP contribution in [0, 0.1) is 5.41 Å². The van der Waals surface area contributed by atoms with Gasteiger partial charge in [0.15, 0.2) is 0 Å². The molecule has 0 aromatic heterocycles. The molecule has 1 amide bonds. The Morgan fingerprint density at radius 3 is 2.70 bits per heavy atom. The van der Waals surface area contributed by atoms with Crippen molar-refractivity contribution in [1.29, 1.82) is 0 Å². The minimum absolute atomic E-state index is 0.0648. The van der Waals surface area contributed by atoms with Crippen LogP contribution in [0.2, 0.25) is 0 Å². The maximum atomic E-state index is 12.0. The zero-order valence-corrected chi connectivity index (χ0v) is 12.4. The second-order valence-corrected chi connectivity index (χ2v) is 6.52. The summed E-state index contributed by atoms with van der Waals surface area (Å²) in [5.41, 5.74) is 0.257. The van der Waals surface area contributed by atoms with E-state index >= 15 is 0 Å². The van der Waals surface area contributed by atoms with Gasteiger partial charge in [-0.25, -0.2) is 0 Å². The molecule has 1 spiro atoms. The molecule has 4 heteroatoms. The lowest BCUT2D eigenvalue weighted by Crippen LogP contribution is -2.67. The van der Waals surface area contributed by atoms with Crippen LogP contribution in [0.3, 0.4) is 0 Å². The summed E-state index contributed by atoms with van der Waals surface area (Å²) < 4.78 is 5.53. The van der Waals surface area contributed by atoms with Gasteiger partial charge in [0.05, 0.1) is 6.10 Å². The number of hydrogen-bond donors (Lipinski definition) is 1. The summed E-state index contributed by atoms with van der Waals surface area (Å²) in [6.45, 7) is 3.25. The van der Waals surface area contributed by atoms with E-state index in [1.807, 2.05) is 6.08 Å². The third kappa shape index (κ3) is 2.51. The molecule has 1 saturated heterocycles. The third-order valence-electron chi connectivity index (χ3n) is 5.50. The van der Waals surface area contributed by atoms with Gasteiger partial charge in [0.1, 0.15) is 0 Å². The van der Waals surface area contributed by atoms with Crippen LogP contribution in [0.15, 0.2) is 12.2 Å². The normalized spacial score (nSPS) is 32.2. The standard InChI is InChI=1S/C16H26N2O2/c1-20-14-12-13(16(14)7-5-8-16)17-15(19)6-4-11-18-9-2-3-10-18/h4,6,13-14H,2-3,5,7-12H2,1H3,(H,17,19)/b6-4+. The molecule has 2 saturated carbocycles. The second kappa shape index (κ2) is 5.86. The molecule has 112 valence electrons. The fraction of sp³-hybridized carbons (Fsp3) is 0.812. The van der Waals surface area contributed by atoms with Gasteiger partial charge in [-0.05, 0) is 45.2 Å². The highest BCUT2D eigenvalue weighted by atomic mass is 16.5. The number of carbonyl (C=O) groups is 1. The number of ether oxygens (including phenoxy) is 1. The van der Waals surface area contributed by atoms with E-state index < -0.39 is 0 Å². The number of nitrogens with one attached hydrogen (secondary N) is 1. The first-order chi connectivity index (χ1) is 9.74. The van der Waals surface area contributed by atoms with Crippen molar-refractivity contribution in [2.24, 2.45) is 5.41 Å². The van der Waals surface area contributed by atoms with Crippen LogP contribution in [0.1, 0.15) is 38.5 Å². The fourth-order valence-electron chi connectivity index (χ4n) is 4.03. The van der Waals surface area contributed by atoms with Crippen molar-refractivity contribution in [1.82, 2.24) is 10.2 Å². The van der Waals surface area contributed by atoms with Gasteiger partial charge in [-0.2, -0.15) is 0 Å². The number of amides is 1. The molecule has 0 bridgehead atoms. The van der Waals surface area contributed by atoms with Crippen LogP contribution in [0.25, 0.3) is 0 Å². The van der Waals surface area contributed by atoms with Gasteiger partial charge in [0.25, 0.3) is 0 Å².